The number of anilines is 1. The van der Waals surface area contributed by atoms with Crippen LogP contribution in [0.4, 0.5) is 20.2 Å². The zero-order valence-corrected chi connectivity index (χ0v) is 22.4. The Hall–Kier alpha value is -4.06. The van der Waals surface area contributed by atoms with Crippen molar-refractivity contribution in [2.24, 2.45) is 5.41 Å². The van der Waals surface area contributed by atoms with Crippen molar-refractivity contribution < 1.29 is 23.2 Å². The second-order valence-corrected chi connectivity index (χ2v) is 10.8. The highest BCUT2D eigenvalue weighted by atomic mass is 35.5. The SMILES string of the molecule is CC1(COc2c(N3CCN(C(=O)Cc4cccc(Cl)c4[N+](=O)[O-])CC3)cnn(-c3cc(F)cc(F)c3)c2=O)CC1. The average Bonchev–Trinajstić information content (AvgIpc) is 3.64. The van der Waals surface area contributed by atoms with Gasteiger partial charge in [-0.1, -0.05) is 30.7 Å². The quantitative estimate of drug-likeness (QED) is 0.294. The van der Waals surface area contributed by atoms with Gasteiger partial charge in [-0.05, 0) is 31.0 Å². The van der Waals surface area contributed by atoms with Gasteiger partial charge < -0.3 is 14.5 Å². The van der Waals surface area contributed by atoms with E-state index in [4.69, 9.17) is 16.3 Å². The van der Waals surface area contributed by atoms with Gasteiger partial charge in [-0.15, -0.1) is 0 Å². The molecule has 40 heavy (non-hydrogen) atoms. The number of nitro groups is 1. The van der Waals surface area contributed by atoms with E-state index in [1.165, 1.54) is 18.3 Å². The molecule has 2 heterocycles. The molecule has 1 amide bonds. The predicted molar refractivity (Wildman–Crippen MR) is 143 cm³/mol. The minimum Gasteiger partial charge on any atom is -0.486 e. The summed E-state index contributed by atoms with van der Waals surface area (Å²) in [4.78, 5) is 40.7. The van der Waals surface area contributed by atoms with E-state index in [1.54, 1.807) is 11.0 Å². The molecule has 3 aromatic rings. The van der Waals surface area contributed by atoms with Gasteiger partial charge in [-0.25, -0.2) is 8.78 Å². The molecule has 1 aromatic heterocycles. The second kappa shape index (κ2) is 10.8. The summed E-state index contributed by atoms with van der Waals surface area (Å²) in [7, 11) is 0. The van der Waals surface area contributed by atoms with Crippen LogP contribution in [-0.2, 0) is 11.2 Å². The van der Waals surface area contributed by atoms with Crippen molar-refractivity contribution in [3.63, 3.8) is 0 Å². The maximum Gasteiger partial charge on any atom is 0.316 e. The molecule has 2 fully saturated rings. The fraction of sp³-hybridized carbons (Fsp3) is 0.370. The number of ether oxygens (including phenoxy) is 1. The fourth-order valence-electron chi connectivity index (χ4n) is 4.62. The summed E-state index contributed by atoms with van der Waals surface area (Å²) >= 11 is 5.98. The van der Waals surface area contributed by atoms with Gasteiger partial charge in [0.15, 0.2) is 0 Å². The van der Waals surface area contributed by atoms with E-state index in [-0.39, 0.29) is 45.5 Å². The van der Waals surface area contributed by atoms with Gasteiger partial charge in [0, 0.05) is 43.2 Å². The van der Waals surface area contributed by atoms with E-state index in [0.717, 1.165) is 29.7 Å². The maximum atomic E-state index is 13.9. The number of piperazine rings is 1. The van der Waals surface area contributed by atoms with Crippen molar-refractivity contribution >= 4 is 28.9 Å². The number of nitro benzene ring substituents is 1. The first-order chi connectivity index (χ1) is 19.0. The highest BCUT2D eigenvalue weighted by molar-refractivity contribution is 6.32. The predicted octanol–water partition coefficient (Wildman–Crippen LogP) is 4.14. The lowest BCUT2D eigenvalue weighted by molar-refractivity contribution is -0.385. The lowest BCUT2D eigenvalue weighted by Crippen LogP contribution is -2.49. The molecule has 10 nitrogen and oxygen atoms in total. The molecule has 0 bridgehead atoms. The van der Waals surface area contributed by atoms with Gasteiger partial charge in [0.05, 0.1) is 29.8 Å². The second-order valence-electron chi connectivity index (χ2n) is 10.4. The molecule has 13 heteroatoms. The first kappa shape index (κ1) is 27.5. The number of para-hydroxylation sites is 1. The van der Waals surface area contributed by atoms with E-state index in [0.29, 0.717) is 44.5 Å². The molecular weight excluding hydrogens is 548 g/mol. The first-order valence-electron chi connectivity index (χ1n) is 12.7. The van der Waals surface area contributed by atoms with Crippen LogP contribution in [0.1, 0.15) is 25.3 Å². The van der Waals surface area contributed by atoms with Crippen LogP contribution >= 0.6 is 11.6 Å². The number of carbonyl (C=O) groups excluding carboxylic acids is 1. The van der Waals surface area contributed by atoms with Crippen LogP contribution in [0.15, 0.2) is 47.4 Å². The minimum absolute atomic E-state index is 0.0159. The normalized spacial score (nSPS) is 16.1. The molecule has 0 N–H and O–H groups in total. The van der Waals surface area contributed by atoms with E-state index in [2.05, 4.69) is 5.10 Å². The number of amides is 1. The van der Waals surface area contributed by atoms with Gasteiger partial charge in [-0.2, -0.15) is 9.78 Å². The van der Waals surface area contributed by atoms with Gasteiger partial charge in [0.25, 0.3) is 5.69 Å². The van der Waals surface area contributed by atoms with Crippen molar-refractivity contribution in [3.8, 4) is 11.4 Å². The van der Waals surface area contributed by atoms with Crippen molar-refractivity contribution in [1.29, 1.82) is 0 Å². The monoisotopic (exact) mass is 573 g/mol. The number of hydrogen-bond donors (Lipinski definition) is 0. The number of halogens is 3. The zero-order valence-electron chi connectivity index (χ0n) is 21.6. The Balaban J connectivity index is 1.35. The molecule has 2 aliphatic rings. The standard InChI is InChI=1S/C27H26ClF2N5O5/c1-27(5-6-27)16-40-25-22(15-31-34(26(25)37)20-13-18(29)12-19(30)14-20)32-7-9-33(10-8-32)23(36)11-17-3-2-4-21(28)24(17)35(38)39/h2-4,12-15H,5-11,16H2,1H3. The molecule has 1 aliphatic carbocycles. The molecule has 1 saturated carbocycles. The van der Waals surface area contributed by atoms with Gasteiger partial charge in [0.1, 0.15) is 22.3 Å². The number of hydrogen-bond acceptors (Lipinski definition) is 7. The minimum atomic E-state index is -0.843. The van der Waals surface area contributed by atoms with E-state index in [9.17, 15) is 28.5 Å². The summed E-state index contributed by atoms with van der Waals surface area (Å²) < 4.78 is 34.6. The highest BCUT2D eigenvalue weighted by Crippen LogP contribution is 2.45. The van der Waals surface area contributed by atoms with Crippen LogP contribution in [0.2, 0.25) is 5.02 Å². The third-order valence-corrected chi connectivity index (χ3v) is 7.55. The third kappa shape index (κ3) is 5.76. The molecule has 0 atom stereocenters. The van der Waals surface area contributed by atoms with Crippen LogP contribution in [0, 0.1) is 27.2 Å². The molecule has 5 rings (SSSR count). The summed E-state index contributed by atoms with van der Waals surface area (Å²) in [6.45, 7) is 3.62. The Kier molecular flexibility index (Phi) is 7.45. The summed E-state index contributed by atoms with van der Waals surface area (Å²) in [5, 5.41) is 15.6. The lowest BCUT2D eigenvalue weighted by atomic mass is 10.1. The first-order valence-corrected chi connectivity index (χ1v) is 13.1. The van der Waals surface area contributed by atoms with E-state index < -0.39 is 22.1 Å². The topological polar surface area (TPSA) is 111 Å². The number of aromatic nitrogens is 2. The van der Waals surface area contributed by atoms with Crippen molar-refractivity contribution in [2.45, 2.75) is 26.2 Å². The van der Waals surface area contributed by atoms with Crippen LogP contribution in [-0.4, -0.2) is 58.3 Å². The molecule has 0 unspecified atom stereocenters. The Morgan fingerprint density at radius 2 is 1.82 bits per heavy atom. The van der Waals surface area contributed by atoms with Crippen LogP contribution in [0.3, 0.4) is 0 Å². The van der Waals surface area contributed by atoms with Gasteiger partial charge >= 0.3 is 5.56 Å². The van der Waals surface area contributed by atoms with Crippen LogP contribution in [0.5, 0.6) is 5.75 Å². The summed E-state index contributed by atoms with van der Waals surface area (Å²) in [6, 6.07) is 7.21. The number of carbonyl (C=O) groups is 1. The van der Waals surface area contributed by atoms with Crippen LogP contribution in [0.25, 0.3) is 5.69 Å². The van der Waals surface area contributed by atoms with Crippen molar-refractivity contribution in [2.75, 3.05) is 37.7 Å². The number of nitrogens with zero attached hydrogens (tertiary/aromatic N) is 5. The molecule has 0 spiro atoms. The Morgan fingerprint density at radius 1 is 1.15 bits per heavy atom. The molecule has 2 aromatic carbocycles. The van der Waals surface area contributed by atoms with Crippen LogP contribution < -0.4 is 15.2 Å². The lowest BCUT2D eigenvalue weighted by Gasteiger charge is -2.36. The zero-order chi connectivity index (χ0) is 28.6. The van der Waals surface area contributed by atoms with E-state index in [1.807, 2.05) is 11.8 Å². The molecule has 210 valence electrons. The molecule has 0 radical (unpaired) electrons. The summed E-state index contributed by atoms with van der Waals surface area (Å²) in [5.41, 5.74) is -0.403. The summed E-state index contributed by atoms with van der Waals surface area (Å²) in [5.74, 6) is -1.96. The van der Waals surface area contributed by atoms with Gasteiger partial charge in [-0.3, -0.25) is 19.7 Å². The largest absolute Gasteiger partial charge is 0.486 e. The Morgan fingerprint density at radius 3 is 2.45 bits per heavy atom. The number of rotatable bonds is 8. The number of benzene rings is 2. The average molecular weight is 574 g/mol. The Labute approximate surface area is 232 Å². The van der Waals surface area contributed by atoms with E-state index >= 15 is 0 Å². The van der Waals surface area contributed by atoms with Gasteiger partial charge in [0.2, 0.25) is 11.7 Å². The maximum absolute atomic E-state index is 13.9. The Bertz CT molecular complexity index is 1520. The third-order valence-electron chi connectivity index (χ3n) is 7.24. The fourth-order valence-corrected chi connectivity index (χ4v) is 4.88. The molecular formula is C27H26ClF2N5O5. The highest BCUT2D eigenvalue weighted by Gasteiger charge is 2.39. The van der Waals surface area contributed by atoms with Crippen molar-refractivity contribution in [3.05, 3.63) is 85.3 Å². The molecule has 1 aliphatic heterocycles. The smallest absolute Gasteiger partial charge is 0.316 e. The van der Waals surface area contributed by atoms with Crippen molar-refractivity contribution in [1.82, 2.24) is 14.7 Å². The summed E-state index contributed by atoms with van der Waals surface area (Å²) in [6.07, 6.45) is 3.16. The molecule has 1 saturated heterocycles.